The molecule has 0 bridgehead atoms. The second kappa shape index (κ2) is 6.39. The maximum Gasteiger partial charge on any atom is 0.225 e. The second-order valence-corrected chi connectivity index (χ2v) is 5.19. The first-order chi connectivity index (χ1) is 10.4. The van der Waals surface area contributed by atoms with Gasteiger partial charge < -0.3 is 11.5 Å². The fraction of sp³-hybridized carbons (Fsp3) is 0.176. The van der Waals surface area contributed by atoms with Crippen LogP contribution in [-0.2, 0) is 4.79 Å². The molecule has 1 amide bonds. The van der Waals surface area contributed by atoms with Gasteiger partial charge >= 0.3 is 0 Å². The highest BCUT2D eigenvalue weighted by molar-refractivity contribution is 6.10. The Bertz CT molecular complexity index is 686. The Morgan fingerprint density at radius 2 is 1.64 bits per heavy atom. The van der Waals surface area contributed by atoms with Crippen molar-refractivity contribution >= 4 is 11.6 Å². The van der Waals surface area contributed by atoms with Crippen LogP contribution in [0.3, 0.4) is 0 Å². The van der Waals surface area contributed by atoms with Gasteiger partial charge in [-0.1, -0.05) is 24.3 Å². The van der Waals surface area contributed by atoms with Gasteiger partial charge in [-0.3, -0.25) is 10.2 Å². The minimum Gasteiger partial charge on any atom is -0.401 e. The Balaban J connectivity index is 2.33. The van der Waals surface area contributed by atoms with E-state index in [1.54, 1.807) is 31.2 Å². The molecule has 1 aromatic rings. The van der Waals surface area contributed by atoms with E-state index < -0.39 is 11.8 Å². The number of allylic oxidation sites excluding steroid dienone is 4. The number of hydrogen-bond acceptors (Lipinski definition) is 3. The lowest BCUT2D eigenvalue weighted by Gasteiger charge is -2.24. The average molecular weight is 299 g/mol. The molecule has 4 nitrogen and oxygen atoms in total. The predicted molar refractivity (Wildman–Crippen MR) is 84.6 cm³/mol. The first-order valence-electron chi connectivity index (χ1n) is 6.87. The van der Waals surface area contributed by atoms with Crippen LogP contribution in [0.2, 0.25) is 0 Å². The molecule has 2 unspecified atom stereocenters. The number of carbonyl (C=O) groups excluding carboxylic acids is 1. The molecular formula is C17H18FN3O. The van der Waals surface area contributed by atoms with Gasteiger partial charge in [0.1, 0.15) is 5.82 Å². The fourth-order valence-corrected chi connectivity index (χ4v) is 2.40. The quantitative estimate of drug-likeness (QED) is 0.744. The van der Waals surface area contributed by atoms with Crippen molar-refractivity contribution < 1.29 is 9.18 Å². The number of nitrogens with one attached hydrogen (secondary N) is 1. The van der Waals surface area contributed by atoms with Gasteiger partial charge in [0.25, 0.3) is 0 Å². The van der Waals surface area contributed by atoms with Crippen LogP contribution in [-0.4, -0.2) is 11.6 Å². The molecule has 0 aromatic heterocycles. The van der Waals surface area contributed by atoms with Crippen LogP contribution in [0.5, 0.6) is 0 Å². The number of halogens is 1. The highest BCUT2D eigenvalue weighted by Crippen LogP contribution is 2.27. The maximum absolute atomic E-state index is 13.0. The van der Waals surface area contributed by atoms with E-state index in [2.05, 4.69) is 0 Å². The summed E-state index contributed by atoms with van der Waals surface area (Å²) in [6.07, 6.45) is 7.05. The molecule has 5 N–H and O–H groups in total. The number of benzene rings is 1. The SMILES string of the molecule is CC(C(=N)c1ccc(F)cc1)=C(N)C1C=CC=CC1C(N)=O. The highest BCUT2D eigenvalue weighted by atomic mass is 19.1. The van der Waals surface area contributed by atoms with Gasteiger partial charge in [0.15, 0.2) is 0 Å². The Kier molecular flexibility index (Phi) is 4.56. The van der Waals surface area contributed by atoms with Crippen LogP contribution in [0.1, 0.15) is 12.5 Å². The summed E-state index contributed by atoms with van der Waals surface area (Å²) in [6.45, 7) is 1.71. The molecule has 0 heterocycles. The van der Waals surface area contributed by atoms with Crippen molar-refractivity contribution in [1.29, 1.82) is 5.41 Å². The molecule has 0 fully saturated rings. The van der Waals surface area contributed by atoms with Gasteiger partial charge in [0, 0.05) is 11.6 Å². The lowest BCUT2D eigenvalue weighted by Crippen LogP contribution is -2.32. The van der Waals surface area contributed by atoms with Gasteiger partial charge in [-0.05, 0) is 42.3 Å². The lowest BCUT2D eigenvalue weighted by atomic mass is 9.83. The number of rotatable bonds is 4. The Labute approximate surface area is 128 Å². The predicted octanol–water partition coefficient (Wildman–Crippen LogP) is 2.27. The molecule has 0 spiro atoms. The third-order valence-corrected chi connectivity index (χ3v) is 3.76. The molecule has 2 rings (SSSR count). The summed E-state index contributed by atoms with van der Waals surface area (Å²) in [6, 6.07) is 5.64. The van der Waals surface area contributed by atoms with E-state index in [0.717, 1.165) is 0 Å². The number of hydrogen-bond donors (Lipinski definition) is 3. The van der Waals surface area contributed by atoms with Gasteiger partial charge in [0.2, 0.25) is 5.91 Å². The first kappa shape index (κ1) is 15.7. The minimum atomic E-state index is -0.527. The molecule has 5 heteroatoms. The zero-order valence-corrected chi connectivity index (χ0v) is 12.2. The van der Waals surface area contributed by atoms with E-state index in [1.165, 1.54) is 24.3 Å². The van der Waals surface area contributed by atoms with Crippen LogP contribution in [0.25, 0.3) is 0 Å². The summed E-state index contributed by atoms with van der Waals surface area (Å²) in [5.41, 5.74) is 13.3. The molecule has 0 radical (unpaired) electrons. The van der Waals surface area contributed by atoms with Crippen LogP contribution in [0.15, 0.2) is 59.8 Å². The number of primary amides is 1. The van der Waals surface area contributed by atoms with Gasteiger partial charge in [-0.25, -0.2) is 4.39 Å². The summed E-state index contributed by atoms with van der Waals surface area (Å²) < 4.78 is 13.0. The van der Waals surface area contributed by atoms with E-state index in [9.17, 15) is 9.18 Å². The fourth-order valence-electron chi connectivity index (χ4n) is 2.40. The lowest BCUT2D eigenvalue weighted by molar-refractivity contribution is -0.121. The molecule has 114 valence electrons. The van der Waals surface area contributed by atoms with E-state index in [4.69, 9.17) is 16.9 Å². The van der Waals surface area contributed by atoms with Crippen molar-refractivity contribution in [3.05, 3.63) is 71.2 Å². The molecule has 1 aliphatic rings. The Morgan fingerprint density at radius 3 is 2.18 bits per heavy atom. The van der Waals surface area contributed by atoms with Gasteiger partial charge in [-0.15, -0.1) is 0 Å². The third kappa shape index (κ3) is 3.14. The van der Waals surface area contributed by atoms with Crippen LogP contribution < -0.4 is 11.5 Å². The minimum absolute atomic E-state index is 0.198. The maximum atomic E-state index is 13.0. The summed E-state index contributed by atoms with van der Waals surface area (Å²) >= 11 is 0. The summed E-state index contributed by atoms with van der Waals surface area (Å²) in [4.78, 5) is 11.5. The number of carbonyl (C=O) groups is 1. The first-order valence-corrected chi connectivity index (χ1v) is 6.87. The van der Waals surface area contributed by atoms with Crippen LogP contribution in [0, 0.1) is 23.1 Å². The van der Waals surface area contributed by atoms with Crippen LogP contribution in [0.4, 0.5) is 4.39 Å². The molecule has 2 atom stereocenters. The Hall–Kier alpha value is -2.69. The topological polar surface area (TPSA) is 93.0 Å². The van der Waals surface area contributed by atoms with Gasteiger partial charge in [0.05, 0.1) is 11.6 Å². The summed E-state index contributed by atoms with van der Waals surface area (Å²) in [7, 11) is 0. The number of nitrogens with two attached hydrogens (primary N) is 2. The normalized spacial score (nSPS) is 21.4. The van der Waals surface area contributed by atoms with E-state index in [0.29, 0.717) is 16.8 Å². The van der Waals surface area contributed by atoms with E-state index in [-0.39, 0.29) is 17.4 Å². The highest BCUT2D eigenvalue weighted by Gasteiger charge is 2.27. The molecule has 1 aromatic carbocycles. The van der Waals surface area contributed by atoms with Crippen molar-refractivity contribution in [3.63, 3.8) is 0 Å². The summed E-state index contributed by atoms with van der Waals surface area (Å²) in [5.74, 6) is -1.72. The zero-order chi connectivity index (χ0) is 16.3. The molecule has 0 saturated heterocycles. The number of amides is 1. The monoisotopic (exact) mass is 299 g/mol. The van der Waals surface area contributed by atoms with Crippen LogP contribution >= 0.6 is 0 Å². The molecule has 0 aliphatic heterocycles. The average Bonchev–Trinajstić information content (AvgIpc) is 2.53. The van der Waals surface area contributed by atoms with Crippen molar-refractivity contribution in [2.45, 2.75) is 6.92 Å². The van der Waals surface area contributed by atoms with E-state index in [1.807, 2.05) is 0 Å². The Morgan fingerprint density at radius 1 is 1.09 bits per heavy atom. The molecular weight excluding hydrogens is 281 g/mol. The third-order valence-electron chi connectivity index (χ3n) is 3.76. The van der Waals surface area contributed by atoms with Gasteiger partial charge in [-0.2, -0.15) is 0 Å². The molecule has 0 saturated carbocycles. The zero-order valence-electron chi connectivity index (χ0n) is 12.2. The molecule has 1 aliphatic carbocycles. The van der Waals surface area contributed by atoms with Crippen molar-refractivity contribution in [2.75, 3.05) is 0 Å². The standard InChI is InChI=1S/C17H18FN3O/c1-10(15(19)11-6-8-12(18)9-7-11)16(20)13-4-2-3-5-14(13)17(21)22/h2-9,13-14,19H,20H2,1H3,(H2,21,22). The summed E-state index contributed by atoms with van der Waals surface area (Å²) in [5, 5.41) is 8.21. The smallest absolute Gasteiger partial charge is 0.225 e. The van der Waals surface area contributed by atoms with E-state index >= 15 is 0 Å². The van der Waals surface area contributed by atoms with Crippen molar-refractivity contribution in [1.82, 2.24) is 0 Å². The van der Waals surface area contributed by atoms with Crippen molar-refractivity contribution in [2.24, 2.45) is 23.3 Å². The largest absolute Gasteiger partial charge is 0.401 e. The second-order valence-electron chi connectivity index (χ2n) is 5.19. The van der Waals surface area contributed by atoms with Crippen molar-refractivity contribution in [3.8, 4) is 0 Å². The molecule has 22 heavy (non-hydrogen) atoms.